The molecule has 0 bridgehead atoms. The lowest BCUT2D eigenvalue weighted by molar-refractivity contribution is 0.153. The molecule has 1 saturated heterocycles. The third-order valence-electron chi connectivity index (χ3n) is 3.32. The summed E-state index contributed by atoms with van der Waals surface area (Å²) in [4.78, 5) is 2.30. The van der Waals surface area contributed by atoms with Crippen molar-refractivity contribution in [2.45, 2.75) is 38.6 Å². The van der Waals surface area contributed by atoms with Crippen LogP contribution in [0.25, 0.3) is 0 Å². The highest BCUT2D eigenvalue weighted by Crippen LogP contribution is 2.19. The van der Waals surface area contributed by atoms with Crippen LogP contribution in [0.4, 0.5) is 0 Å². The van der Waals surface area contributed by atoms with Gasteiger partial charge in [-0.3, -0.25) is 4.90 Å². The second kappa shape index (κ2) is 6.82. The second-order valence-corrected chi connectivity index (χ2v) is 7.25. The topological polar surface area (TPSA) is 37.4 Å². The van der Waals surface area contributed by atoms with Gasteiger partial charge in [-0.1, -0.05) is 13.3 Å². The van der Waals surface area contributed by atoms with Crippen LogP contribution in [0.2, 0.25) is 0 Å². The monoisotopic (exact) mass is 267 g/mol. The Balaban J connectivity index is 2.43. The minimum atomic E-state index is -2.83. The number of sulfone groups is 1. The van der Waals surface area contributed by atoms with E-state index >= 15 is 0 Å². The highest BCUT2D eigenvalue weighted by Gasteiger charge is 2.22. The van der Waals surface area contributed by atoms with Crippen LogP contribution in [-0.2, 0) is 9.84 Å². The second-order valence-electron chi connectivity index (χ2n) is 4.40. The van der Waals surface area contributed by atoms with Crippen molar-refractivity contribution in [2.75, 3.05) is 30.5 Å². The first-order chi connectivity index (χ1) is 7.59. The van der Waals surface area contributed by atoms with Crippen LogP contribution in [0.3, 0.4) is 0 Å². The van der Waals surface area contributed by atoms with Crippen molar-refractivity contribution < 1.29 is 8.42 Å². The molecule has 0 aromatic carbocycles. The number of likely N-dealkylation sites (tertiary alicyclic amines) is 1. The number of rotatable bonds is 6. The fraction of sp³-hybridized carbons (Fsp3) is 1.00. The average Bonchev–Trinajstić information content (AvgIpc) is 2.28. The van der Waals surface area contributed by atoms with Crippen molar-refractivity contribution >= 4 is 21.4 Å². The van der Waals surface area contributed by atoms with Gasteiger partial charge in [0.2, 0.25) is 0 Å². The summed E-state index contributed by atoms with van der Waals surface area (Å²) in [7, 11) is -2.83. The molecule has 0 aliphatic carbocycles. The van der Waals surface area contributed by atoms with Crippen LogP contribution in [0.5, 0.6) is 0 Å². The Kier molecular flexibility index (Phi) is 6.08. The summed E-state index contributed by atoms with van der Waals surface area (Å²) in [5.74, 6) is 1.21. The minimum absolute atomic E-state index is 0.251. The van der Waals surface area contributed by atoms with E-state index in [0.29, 0.717) is 24.2 Å². The summed E-state index contributed by atoms with van der Waals surface area (Å²) in [5.41, 5.74) is 0. The molecule has 1 aliphatic heterocycles. The SMILES string of the molecule is CCS(=O)(=O)CCN1CCCCC1CCCl. The molecule has 0 amide bonds. The minimum Gasteiger partial charge on any atom is -0.299 e. The summed E-state index contributed by atoms with van der Waals surface area (Å²) in [6.45, 7) is 3.42. The lowest BCUT2D eigenvalue weighted by Gasteiger charge is -2.35. The molecule has 1 atom stereocenters. The first-order valence-electron chi connectivity index (χ1n) is 6.09. The molecular formula is C11H22ClNO2S. The van der Waals surface area contributed by atoms with Crippen molar-refractivity contribution in [3.8, 4) is 0 Å². The van der Waals surface area contributed by atoms with Crippen LogP contribution in [0.15, 0.2) is 0 Å². The van der Waals surface area contributed by atoms with Gasteiger partial charge in [-0.25, -0.2) is 8.42 Å². The Morgan fingerprint density at radius 2 is 2.12 bits per heavy atom. The van der Waals surface area contributed by atoms with Crippen LogP contribution in [0, 0.1) is 0 Å². The zero-order valence-corrected chi connectivity index (χ0v) is 11.6. The average molecular weight is 268 g/mol. The Hall–Kier alpha value is 0.200. The fourth-order valence-corrected chi connectivity index (χ4v) is 3.26. The van der Waals surface area contributed by atoms with E-state index in [0.717, 1.165) is 13.0 Å². The van der Waals surface area contributed by atoms with Crippen molar-refractivity contribution in [1.82, 2.24) is 4.90 Å². The van der Waals surface area contributed by atoms with Crippen LogP contribution >= 0.6 is 11.6 Å². The van der Waals surface area contributed by atoms with Crippen LogP contribution < -0.4 is 0 Å². The summed E-state index contributed by atoms with van der Waals surface area (Å²) in [5, 5.41) is 0. The number of halogens is 1. The van der Waals surface area contributed by atoms with E-state index in [1.807, 2.05) is 0 Å². The Bertz CT molecular complexity index is 290. The number of alkyl halides is 1. The molecule has 1 fully saturated rings. The zero-order valence-electron chi connectivity index (χ0n) is 9.99. The molecule has 0 radical (unpaired) electrons. The van der Waals surface area contributed by atoms with Gasteiger partial charge >= 0.3 is 0 Å². The first kappa shape index (κ1) is 14.3. The van der Waals surface area contributed by atoms with Gasteiger partial charge in [-0.05, 0) is 25.8 Å². The number of nitrogens with zero attached hydrogens (tertiary/aromatic N) is 1. The molecule has 0 aromatic heterocycles. The van der Waals surface area contributed by atoms with Gasteiger partial charge in [-0.2, -0.15) is 0 Å². The third-order valence-corrected chi connectivity index (χ3v) is 5.22. The van der Waals surface area contributed by atoms with Crippen LogP contribution in [0.1, 0.15) is 32.6 Å². The lowest BCUT2D eigenvalue weighted by Crippen LogP contribution is -2.42. The van der Waals surface area contributed by atoms with Gasteiger partial charge in [0.15, 0.2) is 9.84 Å². The highest BCUT2D eigenvalue weighted by atomic mass is 35.5. The summed E-state index contributed by atoms with van der Waals surface area (Å²) in [6, 6.07) is 0.498. The summed E-state index contributed by atoms with van der Waals surface area (Å²) in [6.07, 6.45) is 4.58. The van der Waals surface area contributed by atoms with E-state index in [2.05, 4.69) is 4.90 Å². The molecule has 1 unspecified atom stereocenters. The largest absolute Gasteiger partial charge is 0.299 e. The smallest absolute Gasteiger partial charge is 0.151 e. The number of hydrogen-bond donors (Lipinski definition) is 0. The predicted octanol–water partition coefficient (Wildman–Crippen LogP) is 1.90. The van der Waals surface area contributed by atoms with Gasteiger partial charge in [-0.15, -0.1) is 11.6 Å². The van der Waals surface area contributed by atoms with E-state index < -0.39 is 9.84 Å². The van der Waals surface area contributed by atoms with Crippen molar-refractivity contribution in [2.24, 2.45) is 0 Å². The van der Waals surface area contributed by atoms with E-state index in [1.165, 1.54) is 19.3 Å². The normalized spacial score (nSPS) is 23.5. The van der Waals surface area contributed by atoms with Gasteiger partial charge in [0.05, 0.1) is 5.75 Å². The molecule has 1 rings (SSSR count). The summed E-state index contributed by atoms with van der Waals surface area (Å²) < 4.78 is 22.9. The molecule has 16 heavy (non-hydrogen) atoms. The quantitative estimate of drug-likeness (QED) is 0.690. The third kappa shape index (κ3) is 4.60. The standard InChI is InChI=1S/C11H22ClNO2S/c1-2-16(14,15)10-9-13-8-4-3-5-11(13)6-7-12/h11H,2-10H2,1H3. The molecule has 96 valence electrons. The maximum Gasteiger partial charge on any atom is 0.151 e. The molecule has 5 heteroatoms. The zero-order chi connectivity index (χ0) is 12.0. The molecule has 0 N–H and O–H groups in total. The Morgan fingerprint density at radius 1 is 1.38 bits per heavy atom. The Morgan fingerprint density at radius 3 is 2.75 bits per heavy atom. The molecule has 0 aromatic rings. The predicted molar refractivity (Wildman–Crippen MR) is 68.9 cm³/mol. The van der Waals surface area contributed by atoms with E-state index in [9.17, 15) is 8.42 Å². The fourth-order valence-electron chi connectivity index (χ4n) is 2.21. The van der Waals surface area contributed by atoms with Crippen molar-refractivity contribution in [1.29, 1.82) is 0 Å². The van der Waals surface area contributed by atoms with Crippen LogP contribution in [-0.4, -0.2) is 49.8 Å². The van der Waals surface area contributed by atoms with Gasteiger partial charge in [0, 0.05) is 24.2 Å². The van der Waals surface area contributed by atoms with Gasteiger partial charge in [0.1, 0.15) is 0 Å². The van der Waals surface area contributed by atoms with E-state index in [4.69, 9.17) is 11.6 Å². The van der Waals surface area contributed by atoms with Crippen molar-refractivity contribution in [3.05, 3.63) is 0 Å². The first-order valence-corrected chi connectivity index (χ1v) is 8.45. The molecule has 0 spiro atoms. The van der Waals surface area contributed by atoms with E-state index in [1.54, 1.807) is 6.92 Å². The number of hydrogen-bond acceptors (Lipinski definition) is 3. The maximum atomic E-state index is 11.5. The molecular weight excluding hydrogens is 246 g/mol. The summed E-state index contributed by atoms with van der Waals surface area (Å²) >= 11 is 5.77. The van der Waals surface area contributed by atoms with Crippen molar-refractivity contribution in [3.63, 3.8) is 0 Å². The molecule has 1 aliphatic rings. The molecule has 1 heterocycles. The Labute approximate surface area is 104 Å². The molecule has 0 saturated carbocycles. The number of piperidine rings is 1. The highest BCUT2D eigenvalue weighted by molar-refractivity contribution is 7.91. The lowest BCUT2D eigenvalue weighted by atomic mass is 10.0. The van der Waals surface area contributed by atoms with Gasteiger partial charge in [0.25, 0.3) is 0 Å². The van der Waals surface area contributed by atoms with E-state index in [-0.39, 0.29) is 5.75 Å². The van der Waals surface area contributed by atoms with Gasteiger partial charge < -0.3 is 0 Å². The maximum absolute atomic E-state index is 11.5. The molecule has 3 nitrogen and oxygen atoms in total.